The van der Waals surface area contributed by atoms with E-state index >= 15 is 0 Å². The van der Waals surface area contributed by atoms with Gasteiger partial charge in [-0.15, -0.1) is 0 Å². The number of carbonyl (C=O) groups is 1. The van der Waals surface area contributed by atoms with Crippen LogP contribution in [0.25, 0.3) is 0 Å². The smallest absolute Gasteiger partial charge is 0.287 e. The number of nitrogens with one attached hydrogen (secondary N) is 2. The summed E-state index contributed by atoms with van der Waals surface area (Å²) >= 11 is 1.55. The largest absolute Gasteiger partial charge is 0.455 e. The normalized spacial score (nSPS) is 14.5. The van der Waals surface area contributed by atoms with E-state index in [-0.39, 0.29) is 11.3 Å². The highest BCUT2D eigenvalue weighted by Gasteiger charge is 2.22. The van der Waals surface area contributed by atoms with Crippen LogP contribution in [0.1, 0.15) is 55.6 Å². The fourth-order valence-electron chi connectivity index (χ4n) is 3.20. The molecule has 8 heteroatoms. The van der Waals surface area contributed by atoms with Gasteiger partial charge >= 0.3 is 0 Å². The minimum Gasteiger partial charge on any atom is -0.455 e. The first kappa shape index (κ1) is 22.6. The molecule has 3 heterocycles. The Kier molecular flexibility index (Phi) is 7.41. The van der Waals surface area contributed by atoms with Gasteiger partial charge in [0, 0.05) is 24.6 Å². The van der Waals surface area contributed by atoms with Crippen LogP contribution in [-0.2, 0) is 11.2 Å². The quantitative estimate of drug-likeness (QED) is 0.492. The standard InChI is InChI=1S/C22H33N5O2S/c1-22(2,3)18-14-19(27-11-6-7-12-27)25-21(24-18)30-15-16-8-9-17(29-16)20(28)23-10-13-26(4)5/h8-9,14H,6-7,10-13,15H2,1-5H3,(H,23,28)/p+1. The molecule has 7 nitrogen and oxygen atoms in total. The topological polar surface area (TPSA) is 75.7 Å². The third-order valence-electron chi connectivity index (χ3n) is 5.03. The highest BCUT2D eigenvalue weighted by atomic mass is 32.2. The van der Waals surface area contributed by atoms with E-state index in [0.717, 1.165) is 42.1 Å². The summed E-state index contributed by atoms with van der Waals surface area (Å²) in [5, 5.41) is 3.64. The fourth-order valence-corrected chi connectivity index (χ4v) is 3.94. The minimum absolute atomic E-state index is 0.0447. The predicted molar refractivity (Wildman–Crippen MR) is 120 cm³/mol. The Balaban J connectivity index is 1.66. The number of aromatic nitrogens is 2. The Bertz CT molecular complexity index is 853. The predicted octanol–water partition coefficient (Wildman–Crippen LogP) is 2.13. The first-order valence-corrected chi connectivity index (χ1v) is 11.6. The zero-order chi connectivity index (χ0) is 21.7. The van der Waals surface area contributed by atoms with Gasteiger partial charge in [-0.25, -0.2) is 9.97 Å². The second-order valence-electron chi connectivity index (χ2n) is 9.11. The molecule has 1 amide bonds. The van der Waals surface area contributed by atoms with Crippen molar-refractivity contribution < 1.29 is 14.1 Å². The number of likely N-dealkylation sites (N-methyl/N-ethyl adjacent to an activating group) is 1. The highest BCUT2D eigenvalue weighted by molar-refractivity contribution is 7.98. The zero-order valence-corrected chi connectivity index (χ0v) is 19.6. The van der Waals surface area contributed by atoms with E-state index in [0.29, 0.717) is 18.1 Å². The molecule has 164 valence electrons. The molecule has 0 aliphatic carbocycles. The Hall–Kier alpha value is -2.06. The van der Waals surface area contributed by atoms with Crippen molar-refractivity contribution >= 4 is 23.5 Å². The van der Waals surface area contributed by atoms with Gasteiger partial charge < -0.3 is 19.5 Å². The van der Waals surface area contributed by atoms with Gasteiger partial charge in [0.25, 0.3) is 5.91 Å². The van der Waals surface area contributed by atoms with Crippen molar-refractivity contribution in [2.24, 2.45) is 0 Å². The summed E-state index contributed by atoms with van der Waals surface area (Å²) in [4.78, 5) is 25.4. The number of anilines is 1. The lowest BCUT2D eigenvalue weighted by molar-refractivity contribution is -0.856. The lowest BCUT2D eigenvalue weighted by Crippen LogP contribution is -3.06. The lowest BCUT2D eigenvalue weighted by Gasteiger charge is -2.22. The van der Waals surface area contributed by atoms with Crippen LogP contribution < -0.4 is 15.1 Å². The van der Waals surface area contributed by atoms with Gasteiger partial charge in [-0.3, -0.25) is 4.79 Å². The van der Waals surface area contributed by atoms with Gasteiger partial charge in [-0.2, -0.15) is 0 Å². The van der Waals surface area contributed by atoms with Crippen molar-refractivity contribution in [1.29, 1.82) is 0 Å². The van der Waals surface area contributed by atoms with Crippen LogP contribution in [0.2, 0.25) is 0 Å². The molecule has 2 aromatic heterocycles. The Morgan fingerprint density at radius 1 is 1.23 bits per heavy atom. The molecule has 0 spiro atoms. The van der Waals surface area contributed by atoms with Crippen LogP contribution in [0.5, 0.6) is 0 Å². The van der Waals surface area contributed by atoms with Crippen LogP contribution in [0.3, 0.4) is 0 Å². The van der Waals surface area contributed by atoms with E-state index in [2.05, 4.69) is 51.1 Å². The summed E-state index contributed by atoms with van der Waals surface area (Å²) < 4.78 is 5.75. The maximum Gasteiger partial charge on any atom is 0.287 e. The molecule has 0 radical (unpaired) electrons. The fraction of sp³-hybridized carbons (Fsp3) is 0.591. The Labute approximate surface area is 183 Å². The van der Waals surface area contributed by atoms with Gasteiger partial charge in [0.2, 0.25) is 0 Å². The van der Waals surface area contributed by atoms with Gasteiger partial charge in [-0.1, -0.05) is 32.5 Å². The second-order valence-corrected chi connectivity index (χ2v) is 10.0. The molecule has 30 heavy (non-hydrogen) atoms. The van der Waals surface area contributed by atoms with E-state index in [1.54, 1.807) is 17.8 Å². The molecular formula is C22H34N5O2S+. The van der Waals surface area contributed by atoms with Crippen molar-refractivity contribution in [2.45, 2.75) is 49.9 Å². The first-order chi connectivity index (χ1) is 14.2. The van der Waals surface area contributed by atoms with E-state index in [4.69, 9.17) is 14.4 Å². The maximum atomic E-state index is 12.2. The van der Waals surface area contributed by atoms with Crippen molar-refractivity contribution in [1.82, 2.24) is 15.3 Å². The third kappa shape index (κ3) is 6.22. The molecule has 2 aromatic rings. The van der Waals surface area contributed by atoms with E-state index in [1.165, 1.54) is 17.7 Å². The van der Waals surface area contributed by atoms with E-state index in [9.17, 15) is 4.79 Å². The van der Waals surface area contributed by atoms with Crippen LogP contribution >= 0.6 is 11.8 Å². The number of nitrogens with zero attached hydrogens (tertiary/aromatic N) is 3. The zero-order valence-electron chi connectivity index (χ0n) is 18.7. The van der Waals surface area contributed by atoms with Crippen molar-refractivity contribution in [3.05, 3.63) is 35.4 Å². The molecule has 0 aromatic carbocycles. The highest BCUT2D eigenvalue weighted by Crippen LogP contribution is 2.29. The average molecular weight is 433 g/mol. The summed E-state index contributed by atoms with van der Waals surface area (Å²) in [7, 11) is 4.11. The molecule has 0 saturated carbocycles. The second kappa shape index (κ2) is 9.83. The molecule has 0 atom stereocenters. The molecule has 1 aliphatic rings. The molecule has 1 aliphatic heterocycles. The van der Waals surface area contributed by atoms with Crippen molar-refractivity contribution in [3.63, 3.8) is 0 Å². The lowest BCUT2D eigenvalue weighted by atomic mass is 9.92. The summed E-state index contributed by atoms with van der Waals surface area (Å²) in [5.74, 6) is 2.52. The van der Waals surface area contributed by atoms with Crippen molar-refractivity contribution in [2.75, 3.05) is 45.2 Å². The number of hydrogen-bond acceptors (Lipinski definition) is 6. The van der Waals surface area contributed by atoms with Gasteiger partial charge in [-0.05, 0) is 25.0 Å². The average Bonchev–Trinajstić information content (AvgIpc) is 3.37. The Morgan fingerprint density at radius 2 is 1.97 bits per heavy atom. The maximum absolute atomic E-state index is 12.2. The molecule has 1 fully saturated rings. The molecular weight excluding hydrogens is 398 g/mol. The molecule has 1 saturated heterocycles. The van der Waals surface area contributed by atoms with E-state index in [1.807, 2.05) is 6.07 Å². The Morgan fingerprint density at radius 3 is 2.63 bits per heavy atom. The van der Waals surface area contributed by atoms with Crippen molar-refractivity contribution in [3.8, 4) is 0 Å². The number of rotatable bonds is 8. The number of amides is 1. The minimum atomic E-state index is -0.171. The summed E-state index contributed by atoms with van der Waals surface area (Å²) in [6, 6.07) is 5.71. The third-order valence-corrected chi connectivity index (χ3v) is 5.90. The van der Waals surface area contributed by atoms with Crippen LogP contribution in [0, 0.1) is 0 Å². The van der Waals surface area contributed by atoms with E-state index < -0.39 is 0 Å². The number of hydrogen-bond donors (Lipinski definition) is 2. The van der Waals surface area contributed by atoms with Crippen LogP contribution in [0.4, 0.5) is 5.82 Å². The molecule has 3 rings (SSSR count). The molecule has 2 N–H and O–H groups in total. The summed E-state index contributed by atoms with van der Waals surface area (Å²) in [5.41, 5.74) is 1.00. The summed E-state index contributed by atoms with van der Waals surface area (Å²) in [6.45, 7) is 10.1. The molecule has 0 bridgehead atoms. The van der Waals surface area contributed by atoms with Gasteiger partial charge in [0.15, 0.2) is 10.9 Å². The molecule has 0 unspecified atom stereocenters. The summed E-state index contributed by atoms with van der Waals surface area (Å²) in [6.07, 6.45) is 2.43. The monoisotopic (exact) mass is 432 g/mol. The van der Waals surface area contributed by atoms with Gasteiger partial charge in [0.1, 0.15) is 11.6 Å². The van der Waals surface area contributed by atoms with Crippen LogP contribution in [-0.4, -0.2) is 56.1 Å². The number of quaternary nitrogens is 1. The van der Waals surface area contributed by atoms with Crippen LogP contribution in [0.15, 0.2) is 27.8 Å². The van der Waals surface area contributed by atoms with Gasteiger partial charge in [0.05, 0.1) is 38.6 Å². The number of thioether (sulfide) groups is 1. The number of carbonyl (C=O) groups excluding carboxylic acids is 1. The number of furan rings is 1. The first-order valence-electron chi connectivity index (χ1n) is 10.7. The SMILES string of the molecule is C[NH+](C)CCNC(=O)c1ccc(CSc2nc(N3CCCC3)cc(C(C)(C)C)n2)o1.